The van der Waals surface area contributed by atoms with E-state index >= 15 is 0 Å². The summed E-state index contributed by atoms with van der Waals surface area (Å²) in [5, 5.41) is 3.43. The highest BCUT2D eigenvalue weighted by molar-refractivity contribution is 6.31. The fourth-order valence-corrected chi connectivity index (χ4v) is 3.02. The van der Waals surface area contributed by atoms with Crippen molar-refractivity contribution in [3.8, 4) is 5.75 Å². The maximum absolute atomic E-state index is 12.5. The molecule has 0 radical (unpaired) electrons. The number of halogens is 1. The van der Waals surface area contributed by atoms with E-state index in [1.807, 2.05) is 43.1 Å². The minimum absolute atomic E-state index is 0.0309. The van der Waals surface area contributed by atoms with Gasteiger partial charge in [-0.25, -0.2) is 0 Å². The lowest BCUT2D eigenvalue weighted by Gasteiger charge is -2.27. The highest BCUT2D eigenvalue weighted by Gasteiger charge is 2.20. The van der Waals surface area contributed by atoms with Gasteiger partial charge in [-0.2, -0.15) is 0 Å². The van der Waals surface area contributed by atoms with Crippen LogP contribution in [0, 0.1) is 0 Å². The lowest BCUT2D eigenvalue weighted by atomic mass is 10.1. The van der Waals surface area contributed by atoms with Crippen molar-refractivity contribution in [3.05, 3.63) is 59.1 Å². The molecule has 150 valence electrons. The zero-order valence-electron chi connectivity index (χ0n) is 16.6. The summed E-state index contributed by atoms with van der Waals surface area (Å²) in [6.07, 6.45) is 0. The molecule has 0 saturated heterocycles. The van der Waals surface area contributed by atoms with Gasteiger partial charge in [-0.1, -0.05) is 35.9 Å². The molecule has 0 bridgehead atoms. The number of hydrogen-bond acceptors (Lipinski definition) is 4. The van der Waals surface area contributed by atoms with E-state index in [4.69, 9.17) is 16.3 Å². The van der Waals surface area contributed by atoms with Crippen LogP contribution in [0.2, 0.25) is 5.02 Å². The Bertz CT molecular complexity index is 828. The van der Waals surface area contributed by atoms with Crippen LogP contribution in [-0.2, 0) is 9.59 Å². The van der Waals surface area contributed by atoms with E-state index in [0.717, 1.165) is 5.56 Å². The fourth-order valence-electron chi connectivity index (χ4n) is 2.73. The number of carbonyl (C=O) groups is 2. The molecular weight excluding hydrogens is 378 g/mol. The molecule has 0 saturated carbocycles. The first kappa shape index (κ1) is 21.7. The van der Waals surface area contributed by atoms with Crippen LogP contribution in [0.1, 0.15) is 18.5 Å². The number of amides is 2. The molecule has 2 rings (SSSR count). The minimum atomic E-state index is -0.272. The SMILES string of the molecule is COc1cccc(NC(=O)CN(C)C(=O)CN(C)C(C)c2ccccc2Cl)c1. The molecule has 0 aliphatic rings. The normalized spacial score (nSPS) is 11.8. The zero-order valence-corrected chi connectivity index (χ0v) is 17.4. The number of carbonyl (C=O) groups excluding carboxylic acids is 2. The number of rotatable bonds is 8. The van der Waals surface area contributed by atoms with Crippen molar-refractivity contribution < 1.29 is 14.3 Å². The van der Waals surface area contributed by atoms with Gasteiger partial charge in [0.2, 0.25) is 11.8 Å². The van der Waals surface area contributed by atoms with Crippen LogP contribution < -0.4 is 10.1 Å². The van der Waals surface area contributed by atoms with Gasteiger partial charge in [0.25, 0.3) is 0 Å². The Morgan fingerprint density at radius 3 is 2.50 bits per heavy atom. The van der Waals surface area contributed by atoms with Gasteiger partial charge in [-0.15, -0.1) is 0 Å². The molecule has 0 aliphatic carbocycles. The van der Waals surface area contributed by atoms with Gasteiger partial charge >= 0.3 is 0 Å². The van der Waals surface area contributed by atoms with E-state index < -0.39 is 0 Å². The summed E-state index contributed by atoms with van der Waals surface area (Å²) in [5.41, 5.74) is 1.58. The highest BCUT2D eigenvalue weighted by Crippen LogP contribution is 2.26. The smallest absolute Gasteiger partial charge is 0.243 e. The maximum atomic E-state index is 12.5. The van der Waals surface area contributed by atoms with E-state index in [2.05, 4.69) is 5.32 Å². The molecule has 2 amide bonds. The van der Waals surface area contributed by atoms with E-state index in [1.54, 1.807) is 38.4 Å². The summed E-state index contributed by atoms with van der Waals surface area (Å²) in [5.74, 6) is 0.227. The van der Waals surface area contributed by atoms with E-state index in [0.29, 0.717) is 16.5 Å². The maximum Gasteiger partial charge on any atom is 0.243 e. The molecule has 0 spiro atoms. The topological polar surface area (TPSA) is 61.9 Å². The van der Waals surface area contributed by atoms with Crippen LogP contribution in [0.25, 0.3) is 0 Å². The van der Waals surface area contributed by atoms with Crippen LogP contribution >= 0.6 is 11.6 Å². The molecular formula is C21H26ClN3O3. The van der Waals surface area contributed by atoms with E-state index in [1.165, 1.54) is 4.90 Å². The Labute approximate surface area is 171 Å². The molecule has 1 atom stereocenters. The third-order valence-corrected chi connectivity index (χ3v) is 4.91. The summed E-state index contributed by atoms with van der Waals surface area (Å²) in [6, 6.07) is 14.6. The summed E-state index contributed by atoms with van der Waals surface area (Å²) >= 11 is 6.25. The summed E-state index contributed by atoms with van der Waals surface area (Å²) in [6.45, 7) is 2.13. The monoisotopic (exact) mass is 403 g/mol. The van der Waals surface area contributed by atoms with E-state index in [-0.39, 0.29) is 30.9 Å². The van der Waals surface area contributed by atoms with Crippen molar-refractivity contribution >= 4 is 29.1 Å². The largest absolute Gasteiger partial charge is 0.497 e. The number of methoxy groups -OCH3 is 1. The van der Waals surface area contributed by atoms with Crippen molar-refractivity contribution in [1.82, 2.24) is 9.80 Å². The number of hydrogen-bond donors (Lipinski definition) is 1. The molecule has 1 N–H and O–H groups in total. The second-order valence-corrected chi connectivity index (χ2v) is 7.05. The Hall–Kier alpha value is -2.57. The van der Waals surface area contributed by atoms with Crippen LogP contribution in [0.4, 0.5) is 5.69 Å². The highest BCUT2D eigenvalue weighted by atomic mass is 35.5. The molecule has 6 nitrogen and oxygen atoms in total. The van der Waals surface area contributed by atoms with Gasteiger partial charge in [0.05, 0.1) is 20.2 Å². The molecule has 0 aromatic heterocycles. The number of nitrogens with zero attached hydrogens (tertiary/aromatic N) is 2. The minimum Gasteiger partial charge on any atom is -0.497 e. The van der Waals surface area contributed by atoms with Crippen molar-refractivity contribution in [2.24, 2.45) is 0 Å². The molecule has 0 aliphatic heterocycles. The number of nitrogens with one attached hydrogen (secondary N) is 1. The molecule has 1 unspecified atom stereocenters. The Morgan fingerprint density at radius 1 is 1.11 bits per heavy atom. The Kier molecular flexibility index (Phi) is 7.84. The molecule has 0 fully saturated rings. The van der Waals surface area contributed by atoms with Crippen molar-refractivity contribution in [2.45, 2.75) is 13.0 Å². The molecule has 7 heteroatoms. The third kappa shape index (κ3) is 5.97. The van der Waals surface area contributed by atoms with Gasteiger partial charge in [-0.3, -0.25) is 14.5 Å². The third-order valence-electron chi connectivity index (χ3n) is 4.56. The van der Waals surface area contributed by atoms with Gasteiger partial charge in [0.1, 0.15) is 5.75 Å². The fraction of sp³-hybridized carbons (Fsp3) is 0.333. The number of benzene rings is 2. The van der Waals surface area contributed by atoms with Crippen molar-refractivity contribution in [2.75, 3.05) is 39.6 Å². The molecule has 2 aromatic carbocycles. The predicted octanol–water partition coefficient (Wildman–Crippen LogP) is 3.44. The second-order valence-electron chi connectivity index (χ2n) is 6.64. The average Bonchev–Trinajstić information content (AvgIpc) is 2.67. The first-order chi connectivity index (χ1) is 13.3. The summed E-state index contributed by atoms with van der Waals surface area (Å²) < 4.78 is 5.14. The van der Waals surface area contributed by atoms with Crippen LogP contribution in [-0.4, -0.2) is 55.9 Å². The van der Waals surface area contributed by atoms with Gasteiger partial charge < -0.3 is 15.0 Å². The van der Waals surface area contributed by atoms with Gasteiger partial charge in [0, 0.05) is 29.9 Å². The van der Waals surface area contributed by atoms with E-state index in [9.17, 15) is 9.59 Å². The number of anilines is 1. The Morgan fingerprint density at radius 2 is 1.82 bits per heavy atom. The molecule has 0 heterocycles. The predicted molar refractivity (Wildman–Crippen MR) is 112 cm³/mol. The van der Waals surface area contributed by atoms with Crippen molar-refractivity contribution in [1.29, 1.82) is 0 Å². The first-order valence-electron chi connectivity index (χ1n) is 8.94. The van der Waals surface area contributed by atoms with Crippen molar-refractivity contribution in [3.63, 3.8) is 0 Å². The lowest BCUT2D eigenvalue weighted by Crippen LogP contribution is -2.41. The molecule has 2 aromatic rings. The lowest BCUT2D eigenvalue weighted by molar-refractivity contribution is -0.134. The van der Waals surface area contributed by atoms with Crippen LogP contribution in [0.3, 0.4) is 0 Å². The molecule has 28 heavy (non-hydrogen) atoms. The number of ether oxygens (including phenoxy) is 1. The standard InChI is InChI=1S/C21H26ClN3O3/c1-15(18-10-5-6-11-19(18)22)24(2)14-21(27)25(3)13-20(26)23-16-8-7-9-17(12-16)28-4/h5-12,15H,13-14H2,1-4H3,(H,23,26). The second kappa shape index (κ2) is 10.1. The zero-order chi connectivity index (χ0) is 20.7. The van der Waals surface area contributed by atoms with Crippen LogP contribution in [0.5, 0.6) is 5.75 Å². The average molecular weight is 404 g/mol. The quantitative estimate of drug-likeness (QED) is 0.733. The number of likely N-dealkylation sites (N-methyl/N-ethyl adjacent to an activating group) is 2. The summed E-state index contributed by atoms with van der Waals surface area (Å²) in [7, 11) is 5.03. The first-order valence-corrected chi connectivity index (χ1v) is 9.32. The Balaban J connectivity index is 1.89. The van der Waals surface area contributed by atoms with Gasteiger partial charge in [-0.05, 0) is 37.7 Å². The van der Waals surface area contributed by atoms with Gasteiger partial charge in [0.15, 0.2) is 0 Å². The van der Waals surface area contributed by atoms with Crippen LogP contribution in [0.15, 0.2) is 48.5 Å². The summed E-state index contributed by atoms with van der Waals surface area (Å²) in [4.78, 5) is 28.1.